The summed E-state index contributed by atoms with van der Waals surface area (Å²) in [5, 5.41) is 9.28. The van der Waals surface area contributed by atoms with Gasteiger partial charge in [0.1, 0.15) is 0 Å². The molecule has 7 nitrogen and oxygen atoms in total. The van der Waals surface area contributed by atoms with Gasteiger partial charge in [-0.15, -0.1) is 12.4 Å². The number of benzene rings is 1. The maximum atomic E-state index is 12.5. The predicted octanol–water partition coefficient (Wildman–Crippen LogP) is 5.35. The molecule has 2 amide bonds. The maximum Gasteiger partial charge on any atom is 0.396 e. The number of halogens is 1. The fraction of sp³-hybridized carbons (Fsp3) is 0.700. The van der Waals surface area contributed by atoms with E-state index in [0.717, 1.165) is 44.3 Å². The van der Waals surface area contributed by atoms with Crippen LogP contribution in [0.15, 0.2) is 24.3 Å². The third-order valence-corrected chi connectivity index (χ3v) is 7.22. The molecule has 1 aliphatic heterocycles. The summed E-state index contributed by atoms with van der Waals surface area (Å²) in [6.07, 6.45) is 15.2. The lowest BCUT2D eigenvalue weighted by Gasteiger charge is -2.31. The second-order valence-corrected chi connectivity index (χ2v) is 10.2. The Bertz CT molecular complexity index is 797. The molecule has 1 aromatic rings. The molecule has 1 aromatic carbocycles. The highest BCUT2D eigenvalue weighted by Crippen LogP contribution is 2.20. The smallest absolute Gasteiger partial charge is 0.396 e. The third kappa shape index (κ3) is 13.6. The first-order valence-electron chi connectivity index (χ1n) is 14.6. The molecule has 8 heteroatoms. The van der Waals surface area contributed by atoms with Crippen molar-refractivity contribution in [2.75, 3.05) is 26.2 Å². The summed E-state index contributed by atoms with van der Waals surface area (Å²) in [4.78, 5) is 36.7. The van der Waals surface area contributed by atoms with Crippen LogP contribution in [0.25, 0.3) is 0 Å². The number of piperidine rings is 1. The highest BCUT2D eigenvalue weighted by atomic mass is 35.5. The minimum atomic E-state index is -0.837. The average Bonchev–Trinajstić information content (AvgIpc) is 2.92. The molecule has 0 saturated carbocycles. The fourth-order valence-electron chi connectivity index (χ4n) is 4.97. The zero-order valence-electron chi connectivity index (χ0n) is 23.5. The lowest BCUT2D eigenvalue weighted by molar-refractivity contribution is -0.155. The molecule has 1 aliphatic rings. The number of rotatable bonds is 17. The molecule has 0 spiro atoms. The van der Waals surface area contributed by atoms with Crippen LogP contribution in [0, 0.1) is 5.92 Å². The van der Waals surface area contributed by atoms with Crippen molar-refractivity contribution in [1.82, 2.24) is 16.0 Å². The number of hydrogen-bond acceptors (Lipinski definition) is 5. The van der Waals surface area contributed by atoms with Gasteiger partial charge in [0.15, 0.2) is 0 Å². The van der Waals surface area contributed by atoms with Gasteiger partial charge in [-0.05, 0) is 69.3 Å². The lowest BCUT2D eigenvalue weighted by Crippen LogP contribution is -2.48. The van der Waals surface area contributed by atoms with Gasteiger partial charge in [-0.2, -0.15) is 0 Å². The molecule has 2 rings (SSSR count). The molecule has 0 aromatic heterocycles. The maximum absolute atomic E-state index is 12.5. The van der Waals surface area contributed by atoms with Gasteiger partial charge in [-0.3, -0.25) is 9.59 Å². The Morgan fingerprint density at radius 1 is 0.895 bits per heavy atom. The second-order valence-electron chi connectivity index (χ2n) is 10.2. The zero-order chi connectivity index (χ0) is 26.7. The van der Waals surface area contributed by atoms with E-state index in [9.17, 15) is 14.4 Å². The Kier molecular flexibility index (Phi) is 18.6. The fourth-order valence-corrected chi connectivity index (χ4v) is 4.97. The van der Waals surface area contributed by atoms with Gasteiger partial charge in [0, 0.05) is 18.2 Å². The molecule has 1 heterocycles. The molecular weight excluding hydrogens is 502 g/mol. The van der Waals surface area contributed by atoms with E-state index >= 15 is 0 Å². The summed E-state index contributed by atoms with van der Waals surface area (Å²) in [6, 6.07) is 7.42. The first-order chi connectivity index (χ1) is 18.0. The summed E-state index contributed by atoms with van der Waals surface area (Å²) in [6.45, 7) is 6.61. The predicted molar refractivity (Wildman–Crippen MR) is 156 cm³/mol. The average molecular weight is 552 g/mol. The van der Waals surface area contributed by atoms with Crippen molar-refractivity contribution in [3.05, 3.63) is 35.4 Å². The summed E-state index contributed by atoms with van der Waals surface area (Å²) in [5.74, 6) is -1.29. The SMILES string of the molecule is CCCCCCCCCCCCNC(=O)c1ccc(CC(NC(=O)C(=O)OCC)C2CCNCC2)cc1.Cl. The largest absolute Gasteiger partial charge is 0.459 e. The van der Waals surface area contributed by atoms with Crippen LogP contribution >= 0.6 is 12.4 Å². The normalized spacial score (nSPS) is 14.3. The van der Waals surface area contributed by atoms with Crippen molar-refractivity contribution in [3.63, 3.8) is 0 Å². The van der Waals surface area contributed by atoms with Gasteiger partial charge in [-0.25, -0.2) is 4.79 Å². The first-order valence-corrected chi connectivity index (χ1v) is 14.6. The van der Waals surface area contributed by atoms with Crippen LogP contribution in [-0.2, 0) is 20.7 Å². The van der Waals surface area contributed by atoms with Crippen LogP contribution in [0.5, 0.6) is 0 Å². The van der Waals surface area contributed by atoms with Crippen molar-refractivity contribution in [2.45, 2.75) is 103 Å². The van der Waals surface area contributed by atoms with Crippen LogP contribution < -0.4 is 16.0 Å². The van der Waals surface area contributed by atoms with Gasteiger partial charge in [0.05, 0.1) is 6.61 Å². The summed E-state index contributed by atoms with van der Waals surface area (Å²) in [5.41, 5.74) is 1.67. The Morgan fingerprint density at radius 3 is 2.05 bits per heavy atom. The Morgan fingerprint density at radius 2 is 1.47 bits per heavy atom. The van der Waals surface area contributed by atoms with Crippen LogP contribution in [0.3, 0.4) is 0 Å². The highest BCUT2D eigenvalue weighted by molar-refractivity contribution is 6.32. The second kappa shape index (κ2) is 20.8. The van der Waals surface area contributed by atoms with Crippen molar-refractivity contribution in [3.8, 4) is 0 Å². The van der Waals surface area contributed by atoms with E-state index in [1.54, 1.807) is 6.92 Å². The molecule has 0 bridgehead atoms. The molecular formula is C30H50ClN3O4. The summed E-state index contributed by atoms with van der Waals surface area (Å²) < 4.78 is 4.86. The van der Waals surface area contributed by atoms with Gasteiger partial charge in [0.2, 0.25) is 0 Å². The standard InChI is InChI=1S/C30H49N3O4.ClH/c1-3-5-6-7-8-9-10-11-12-13-20-32-28(34)26-16-14-24(15-17-26)23-27(25-18-21-31-22-19-25)33-29(35)30(36)37-4-2;/h14-17,25,27,31H,3-13,18-23H2,1-2H3,(H,32,34)(H,33,35);1H. The number of unbranched alkanes of at least 4 members (excludes halogenated alkanes) is 9. The van der Waals surface area contributed by atoms with Crippen molar-refractivity contribution >= 4 is 30.2 Å². The van der Waals surface area contributed by atoms with Crippen LogP contribution in [0.4, 0.5) is 0 Å². The molecule has 1 atom stereocenters. The van der Waals surface area contributed by atoms with E-state index in [2.05, 4.69) is 22.9 Å². The Balaban J connectivity index is 0.00000722. The van der Waals surface area contributed by atoms with Gasteiger partial charge < -0.3 is 20.7 Å². The monoisotopic (exact) mass is 551 g/mol. The van der Waals surface area contributed by atoms with Crippen molar-refractivity contribution in [1.29, 1.82) is 0 Å². The number of carbonyl (C=O) groups excluding carboxylic acids is 3. The van der Waals surface area contributed by atoms with Crippen LogP contribution in [-0.4, -0.2) is 50.1 Å². The van der Waals surface area contributed by atoms with E-state index in [-0.39, 0.29) is 36.9 Å². The number of esters is 1. The number of ether oxygens (including phenoxy) is 1. The van der Waals surface area contributed by atoms with Crippen LogP contribution in [0.1, 0.15) is 107 Å². The molecule has 3 N–H and O–H groups in total. The molecule has 0 aliphatic carbocycles. The van der Waals surface area contributed by atoms with Crippen molar-refractivity contribution < 1.29 is 19.1 Å². The van der Waals surface area contributed by atoms with E-state index in [1.165, 1.54) is 51.4 Å². The molecule has 0 radical (unpaired) electrons. The number of amides is 2. The van der Waals surface area contributed by atoms with Crippen LogP contribution in [0.2, 0.25) is 0 Å². The third-order valence-electron chi connectivity index (χ3n) is 7.22. The Hall–Kier alpha value is -2.12. The topological polar surface area (TPSA) is 96.5 Å². The number of carbonyl (C=O) groups is 3. The minimum Gasteiger partial charge on any atom is -0.459 e. The number of hydrogen-bond donors (Lipinski definition) is 3. The van der Waals surface area contributed by atoms with Gasteiger partial charge in [-0.1, -0.05) is 76.8 Å². The molecule has 38 heavy (non-hydrogen) atoms. The Labute approximate surface area is 236 Å². The lowest BCUT2D eigenvalue weighted by atomic mass is 9.86. The first kappa shape index (κ1) is 33.9. The summed E-state index contributed by atoms with van der Waals surface area (Å²) in [7, 11) is 0. The molecule has 1 fully saturated rings. The molecule has 1 unspecified atom stereocenters. The molecule has 1 saturated heterocycles. The summed E-state index contributed by atoms with van der Waals surface area (Å²) >= 11 is 0. The molecule has 216 valence electrons. The minimum absolute atomic E-state index is 0. The zero-order valence-corrected chi connectivity index (χ0v) is 24.3. The highest BCUT2D eigenvalue weighted by Gasteiger charge is 2.28. The van der Waals surface area contributed by atoms with E-state index in [0.29, 0.717) is 18.5 Å². The van der Waals surface area contributed by atoms with Crippen molar-refractivity contribution in [2.24, 2.45) is 5.92 Å². The quantitative estimate of drug-likeness (QED) is 0.138. The van der Waals surface area contributed by atoms with E-state index in [4.69, 9.17) is 4.74 Å². The number of nitrogens with one attached hydrogen (secondary N) is 3. The van der Waals surface area contributed by atoms with E-state index in [1.807, 2.05) is 24.3 Å². The van der Waals surface area contributed by atoms with Gasteiger partial charge >= 0.3 is 11.9 Å². The van der Waals surface area contributed by atoms with Gasteiger partial charge in [0.25, 0.3) is 5.91 Å². The van der Waals surface area contributed by atoms with E-state index < -0.39 is 11.9 Å².